The Bertz CT molecular complexity index is 265. The number of nitrogens with one attached hydrogen (secondary N) is 1. The molecule has 0 bridgehead atoms. The highest BCUT2D eigenvalue weighted by Gasteiger charge is 2.12. The van der Waals surface area contributed by atoms with Gasteiger partial charge in [-0.15, -0.1) is 0 Å². The van der Waals surface area contributed by atoms with Crippen LogP contribution in [0, 0.1) is 0 Å². The topological polar surface area (TPSA) is 35.6 Å². The lowest BCUT2D eigenvalue weighted by molar-refractivity contribution is -0.131. The molecule has 21 heavy (non-hydrogen) atoms. The molecule has 0 spiro atoms. The first-order chi connectivity index (χ1) is 10.3. The highest BCUT2D eigenvalue weighted by Crippen LogP contribution is 2.06. The summed E-state index contributed by atoms with van der Waals surface area (Å²) in [5.41, 5.74) is 0. The molecule has 1 fully saturated rings. The van der Waals surface area contributed by atoms with Crippen LogP contribution < -0.4 is 5.32 Å². The fourth-order valence-corrected chi connectivity index (χ4v) is 2.83. The third-order valence-electron chi connectivity index (χ3n) is 4.21. The van der Waals surface area contributed by atoms with Gasteiger partial charge in [-0.25, -0.2) is 0 Å². The number of carbonyl (C=O) groups is 1. The maximum atomic E-state index is 12.1. The van der Waals surface area contributed by atoms with Gasteiger partial charge in [-0.2, -0.15) is 0 Å². The molecule has 4 heteroatoms. The van der Waals surface area contributed by atoms with E-state index >= 15 is 0 Å². The molecule has 0 aromatic heterocycles. The Kier molecular flexibility index (Phi) is 10.5. The number of nitrogens with zero attached hydrogens (tertiary/aromatic N) is 2. The average Bonchev–Trinajstić information content (AvgIpc) is 2.51. The Labute approximate surface area is 131 Å². The van der Waals surface area contributed by atoms with Crippen molar-refractivity contribution in [3.63, 3.8) is 0 Å². The summed E-state index contributed by atoms with van der Waals surface area (Å²) < 4.78 is 0. The van der Waals surface area contributed by atoms with Gasteiger partial charge in [0.25, 0.3) is 0 Å². The zero-order valence-corrected chi connectivity index (χ0v) is 14.2. The number of amides is 1. The van der Waals surface area contributed by atoms with Crippen molar-refractivity contribution in [1.82, 2.24) is 15.1 Å². The molecule has 1 rings (SSSR count). The summed E-state index contributed by atoms with van der Waals surface area (Å²) in [4.78, 5) is 16.7. The van der Waals surface area contributed by atoms with Crippen LogP contribution in [0.5, 0.6) is 0 Å². The van der Waals surface area contributed by atoms with Crippen LogP contribution in [0.25, 0.3) is 0 Å². The van der Waals surface area contributed by atoms with Gasteiger partial charge in [-0.1, -0.05) is 26.7 Å². The van der Waals surface area contributed by atoms with Gasteiger partial charge < -0.3 is 15.1 Å². The second kappa shape index (κ2) is 12.0. The number of carbonyl (C=O) groups excluding carboxylic acids is 1. The summed E-state index contributed by atoms with van der Waals surface area (Å²) in [7, 11) is 0. The first-order valence-corrected chi connectivity index (χ1v) is 8.98. The minimum Gasteiger partial charge on any atom is -0.343 e. The maximum Gasteiger partial charge on any atom is 0.222 e. The zero-order chi connectivity index (χ0) is 15.3. The lowest BCUT2D eigenvalue weighted by Crippen LogP contribution is -2.43. The van der Waals surface area contributed by atoms with Crippen LogP contribution in [0.15, 0.2) is 0 Å². The Morgan fingerprint density at radius 3 is 2.38 bits per heavy atom. The second-order valence-electron chi connectivity index (χ2n) is 6.14. The third kappa shape index (κ3) is 8.42. The van der Waals surface area contributed by atoms with Crippen LogP contribution in [0.2, 0.25) is 0 Å². The van der Waals surface area contributed by atoms with Crippen molar-refractivity contribution in [1.29, 1.82) is 0 Å². The lowest BCUT2D eigenvalue weighted by atomic mass is 10.2. The molecule has 4 nitrogen and oxygen atoms in total. The minimum atomic E-state index is 0.355. The van der Waals surface area contributed by atoms with E-state index in [9.17, 15) is 4.79 Å². The van der Waals surface area contributed by atoms with Crippen molar-refractivity contribution in [2.45, 2.75) is 58.8 Å². The van der Waals surface area contributed by atoms with Crippen molar-refractivity contribution < 1.29 is 4.79 Å². The van der Waals surface area contributed by atoms with Crippen molar-refractivity contribution in [3.8, 4) is 0 Å². The summed E-state index contributed by atoms with van der Waals surface area (Å²) in [5, 5.41) is 3.39. The summed E-state index contributed by atoms with van der Waals surface area (Å²) in [6.45, 7) is 12.1. The van der Waals surface area contributed by atoms with Gasteiger partial charge in [0.05, 0.1) is 0 Å². The molecule has 1 saturated heterocycles. The molecule has 0 aliphatic carbocycles. The standard InChI is InChI=1S/C17H35N3O/c1-3-5-13-20(17(21)9-4-2)14-8-6-7-12-19-15-10-18-11-16-19/h18H,3-16H2,1-2H3. The molecule has 0 radical (unpaired) electrons. The predicted molar refractivity (Wildman–Crippen MR) is 89.6 cm³/mol. The van der Waals surface area contributed by atoms with Crippen LogP contribution >= 0.6 is 0 Å². The van der Waals surface area contributed by atoms with Gasteiger partial charge >= 0.3 is 0 Å². The van der Waals surface area contributed by atoms with Crippen LogP contribution in [-0.2, 0) is 4.79 Å². The van der Waals surface area contributed by atoms with E-state index in [0.29, 0.717) is 12.3 Å². The normalized spacial score (nSPS) is 16.1. The summed E-state index contributed by atoms with van der Waals surface area (Å²) in [5.74, 6) is 0.355. The number of piperazine rings is 1. The Morgan fingerprint density at radius 2 is 1.71 bits per heavy atom. The largest absolute Gasteiger partial charge is 0.343 e. The summed E-state index contributed by atoms with van der Waals surface area (Å²) in [6.07, 6.45) is 7.64. The number of rotatable bonds is 11. The molecule has 0 aromatic rings. The molecule has 1 aliphatic heterocycles. The fraction of sp³-hybridized carbons (Fsp3) is 0.941. The number of hydrogen-bond donors (Lipinski definition) is 1. The molecular formula is C17H35N3O. The van der Waals surface area contributed by atoms with E-state index in [0.717, 1.165) is 45.4 Å². The number of hydrogen-bond acceptors (Lipinski definition) is 3. The number of unbranched alkanes of at least 4 members (excludes halogenated alkanes) is 3. The zero-order valence-electron chi connectivity index (χ0n) is 14.2. The molecule has 0 atom stereocenters. The molecule has 0 aromatic carbocycles. The SMILES string of the molecule is CCCCN(CCCCCN1CCNCC1)C(=O)CCC. The van der Waals surface area contributed by atoms with E-state index in [-0.39, 0.29) is 0 Å². The third-order valence-corrected chi connectivity index (χ3v) is 4.21. The quantitative estimate of drug-likeness (QED) is 0.595. The molecular weight excluding hydrogens is 262 g/mol. The first kappa shape index (κ1) is 18.4. The van der Waals surface area contributed by atoms with Gasteiger partial charge in [-0.3, -0.25) is 4.79 Å². The van der Waals surface area contributed by atoms with Crippen molar-refractivity contribution in [3.05, 3.63) is 0 Å². The van der Waals surface area contributed by atoms with E-state index in [4.69, 9.17) is 0 Å². The molecule has 0 unspecified atom stereocenters. The van der Waals surface area contributed by atoms with Crippen LogP contribution in [-0.4, -0.2) is 61.5 Å². The lowest BCUT2D eigenvalue weighted by Gasteiger charge is -2.27. The Morgan fingerprint density at radius 1 is 1.00 bits per heavy atom. The van der Waals surface area contributed by atoms with E-state index < -0.39 is 0 Å². The van der Waals surface area contributed by atoms with E-state index in [2.05, 4.69) is 29.0 Å². The highest BCUT2D eigenvalue weighted by atomic mass is 16.2. The second-order valence-corrected chi connectivity index (χ2v) is 6.14. The van der Waals surface area contributed by atoms with Crippen LogP contribution in [0.4, 0.5) is 0 Å². The Hall–Kier alpha value is -0.610. The van der Waals surface area contributed by atoms with Gasteiger partial charge in [-0.05, 0) is 32.2 Å². The van der Waals surface area contributed by atoms with Crippen molar-refractivity contribution in [2.24, 2.45) is 0 Å². The fourth-order valence-electron chi connectivity index (χ4n) is 2.83. The molecule has 1 heterocycles. The minimum absolute atomic E-state index is 0.355. The molecule has 1 amide bonds. The van der Waals surface area contributed by atoms with Crippen molar-refractivity contribution >= 4 is 5.91 Å². The van der Waals surface area contributed by atoms with Gasteiger partial charge in [0.15, 0.2) is 0 Å². The molecule has 1 aliphatic rings. The maximum absolute atomic E-state index is 12.1. The van der Waals surface area contributed by atoms with Crippen molar-refractivity contribution in [2.75, 3.05) is 45.8 Å². The van der Waals surface area contributed by atoms with Gasteiger partial charge in [0.2, 0.25) is 5.91 Å². The monoisotopic (exact) mass is 297 g/mol. The highest BCUT2D eigenvalue weighted by molar-refractivity contribution is 5.76. The van der Waals surface area contributed by atoms with E-state index in [1.165, 1.54) is 38.9 Å². The summed E-state index contributed by atoms with van der Waals surface area (Å²) >= 11 is 0. The van der Waals surface area contributed by atoms with Gasteiger partial charge in [0, 0.05) is 45.7 Å². The predicted octanol–water partition coefficient (Wildman–Crippen LogP) is 2.49. The van der Waals surface area contributed by atoms with Crippen LogP contribution in [0.3, 0.4) is 0 Å². The average molecular weight is 297 g/mol. The molecule has 124 valence electrons. The van der Waals surface area contributed by atoms with E-state index in [1.54, 1.807) is 0 Å². The van der Waals surface area contributed by atoms with Crippen LogP contribution in [0.1, 0.15) is 58.8 Å². The molecule has 1 N–H and O–H groups in total. The first-order valence-electron chi connectivity index (χ1n) is 8.98. The van der Waals surface area contributed by atoms with E-state index in [1.807, 2.05) is 0 Å². The smallest absolute Gasteiger partial charge is 0.222 e. The summed E-state index contributed by atoms with van der Waals surface area (Å²) in [6, 6.07) is 0. The molecule has 0 saturated carbocycles. The van der Waals surface area contributed by atoms with Gasteiger partial charge in [0.1, 0.15) is 0 Å². The Balaban J connectivity index is 2.11.